The van der Waals surface area contributed by atoms with Crippen LogP contribution in [0.25, 0.3) is 10.4 Å². The van der Waals surface area contributed by atoms with E-state index in [0.717, 1.165) is 55.1 Å². The summed E-state index contributed by atoms with van der Waals surface area (Å²) in [5.74, 6) is -0.0616. The van der Waals surface area contributed by atoms with Gasteiger partial charge in [-0.1, -0.05) is 0 Å². The summed E-state index contributed by atoms with van der Waals surface area (Å²) in [7, 11) is 0. The van der Waals surface area contributed by atoms with Gasteiger partial charge in [-0.2, -0.15) is 0 Å². The lowest BCUT2D eigenvalue weighted by Gasteiger charge is -2.53. The second-order valence-electron chi connectivity index (χ2n) is 11.7. The number of ether oxygens (including phenoxy) is 2. The number of nitrogens with one attached hydrogen (secondary N) is 1. The molecule has 11 heteroatoms. The molecule has 0 bridgehead atoms. The largest absolute Gasteiger partial charge is 0.462 e. The molecule has 2 amide bonds. The number of thiophene rings is 1. The van der Waals surface area contributed by atoms with Crippen molar-refractivity contribution < 1.29 is 23.9 Å². The van der Waals surface area contributed by atoms with Crippen molar-refractivity contribution in [2.75, 3.05) is 54.6 Å². The van der Waals surface area contributed by atoms with Gasteiger partial charge in [0.05, 0.1) is 24.1 Å². The van der Waals surface area contributed by atoms with Gasteiger partial charge in [0, 0.05) is 72.3 Å². The highest BCUT2D eigenvalue weighted by Gasteiger charge is 2.45. The van der Waals surface area contributed by atoms with Gasteiger partial charge in [-0.05, 0) is 80.3 Å². The van der Waals surface area contributed by atoms with E-state index in [-0.39, 0.29) is 23.2 Å². The number of amides is 2. The molecule has 0 unspecified atom stereocenters. The van der Waals surface area contributed by atoms with E-state index in [1.165, 1.54) is 11.3 Å². The van der Waals surface area contributed by atoms with Crippen LogP contribution in [0.2, 0.25) is 0 Å². The summed E-state index contributed by atoms with van der Waals surface area (Å²) in [6.45, 7) is 5.85. The molecule has 45 heavy (non-hydrogen) atoms. The minimum atomic E-state index is -0.338. The second kappa shape index (κ2) is 12.1. The molecule has 0 atom stereocenters. The molecule has 2 fully saturated rings. The maximum Gasteiger partial charge on any atom is 0.348 e. The molecule has 3 aromatic heterocycles. The van der Waals surface area contributed by atoms with Crippen molar-refractivity contribution in [1.82, 2.24) is 9.97 Å². The molecule has 1 N–H and O–H groups in total. The normalized spacial score (nSPS) is 16.6. The fraction of sp³-hybridized carbons (Fsp3) is 0.324. The van der Waals surface area contributed by atoms with Crippen molar-refractivity contribution in [2.24, 2.45) is 5.41 Å². The predicted molar refractivity (Wildman–Crippen MR) is 172 cm³/mol. The smallest absolute Gasteiger partial charge is 0.348 e. The maximum absolute atomic E-state index is 13.8. The zero-order valence-electron chi connectivity index (χ0n) is 25.0. The summed E-state index contributed by atoms with van der Waals surface area (Å²) >= 11 is 1.38. The molecule has 1 aromatic carbocycles. The summed E-state index contributed by atoms with van der Waals surface area (Å²) in [4.78, 5) is 53.8. The van der Waals surface area contributed by atoms with Crippen molar-refractivity contribution in [2.45, 2.75) is 26.2 Å². The summed E-state index contributed by atoms with van der Waals surface area (Å²) in [6.07, 6.45) is 7.75. The van der Waals surface area contributed by atoms with Crippen molar-refractivity contribution in [1.29, 1.82) is 0 Å². The summed E-state index contributed by atoms with van der Waals surface area (Å²) in [5, 5.41) is 2.98. The lowest BCUT2D eigenvalue weighted by Crippen LogP contribution is -2.59. The first-order valence-electron chi connectivity index (χ1n) is 15.2. The Morgan fingerprint density at radius 2 is 1.87 bits per heavy atom. The number of esters is 1. The molecule has 0 aliphatic carbocycles. The van der Waals surface area contributed by atoms with Crippen LogP contribution in [-0.2, 0) is 15.9 Å². The Bertz CT molecular complexity index is 1760. The first kappa shape index (κ1) is 29.1. The fourth-order valence-corrected chi connectivity index (χ4v) is 7.55. The number of benzene rings is 1. The van der Waals surface area contributed by atoms with Gasteiger partial charge < -0.3 is 24.6 Å². The van der Waals surface area contributed by atoms with Crippen molar-refractivity contribution >= 4 is 46.3 Å². The predicted octanol–water partition coefficient (Wildman–Crippen LogP) is 5.45. The van der Waals surface area contributed by atoms with Crippen LogP contribution in [-0.4, -0.2) is 67.2 Å². The number of carbonyl (C=O) groups is 3. The van der Waals surface area contributed by atoms with Gasteiger partial charge in [0.15, 0.2) is 0 Å². The number of pyridine rings is 2. The van der Waals surface area contributed by atoms with E-state index in [1.807, 2.05) is 12.1 Å². The van der Waals surface area contributed by atoms with E-state index in [1.54, 1.807) is 66.8 Å². The number of carbonyl (C=O) groups excluding carboxylic acids is 3. The number of nitrogens with zero attached hydrogens (tertiary/aromatic N) is 4. The molecular weight excluding hydrogens is 590 g/mol. The molecule has 10 nitrogen and oxygen atoms in total. The summed E-state index contributed by atoms with van der Waals surface area (Å²) in [5.41, 5.74) is 4.40. The zero-order valence-corrected chi connectivity index (χ0v) is 25.8. The molecule has 230 valence electrons. The third kappa shape index (κ3) is 5.57. The van der Waals surface area contributed by atoms with Crippen molar-refractivity contribution in [3.8, 4) is 10.4 Å². The maximum atomic E-state index is 13.8. The highest BCUT2D eigenvalue weighted by Crippen LogP contribution is 2.43. The topological polar surface area (TPSA) is 114 Å². The van der Waals surface area contributed by atoms with Gasteiger partial charge in [0.1, 0.15) is 10.7 Å². The molecule has 6 heterocycles. The molecule has 0 saturated carbocycles. The SMILES string of the molecule is CCOC(=O)c1cc2c(s1)-c1ccncc1N(C(=O)c1ccc(NC(=O)c3cccnc3N3CC4(CCOCC4)C3)cc1)CC2. The molecule has 3 aliphatic rings. The highest BCUT2D eigenvalue weighted by molar-refractivity contribution is 7.17. The summed E-state index contributed by atoms with van der Waals surface area (Å²) in [6, 6.07) is 14.2. The third-order valence-electron chi connectivity index (χ3n) is 8.80. The molecule has 0 radical (unpaired) electrons. The Morgan fingerprint density at radius 3 is 2.64 bits per heavy atom. The van der Waals surface area contributed by atoms with E-state index in [4.69, 9.17) is 9.47 Å². The Kier molecular flexibility index (Phi) is 7.80. The second-order valence-corrected chi connectivity index (χ2v) is 12.7. The van der Waals surface area contributed by atoms with Crippen LogP contribution in [0.4, 0.5) is 17.2 Å². The lowest BCUT2D eigenvalue weighted by molar-refractivity contribution is -0.000511. The monoisotopic (exact) mass is 623 g/mol. The van der Waals surface area contributed by atoms with E-state index in [0.29, 0.717) is 52.8 Å². The molecule has 2 saturated heterocycles. The van der Waals surface area contributed by atoms with Crippen LogP contribution in [0.5, 0.6) is 0 Å². The van der Waals surface area contributed by atoms with Crippen LogP contribution in [0.1, 0.15) is 55.7 Å². The quantitative estimate of drug-likeness (QED) is 0.282. The number of hydrogen-bond acceptors (Lipinski definition) is 9. The van der Waals surface area contributed by atoms with Crippen LogP contribution < -0.4 is 15.1 Å². The number of fused-ring (bicyclic) bond motifs is 3. The van der Waals surface area contributed by atoms with Gasteiger partial charge in [-0.25, -0.2) is 9.78 Å². The third-order valence-corrected chi connectivity index (χ3v) is 9.99. The molecular formula is C34H33N5O5S. The van der Waals surface area contributed by atoms with E-state index in [2.05, 4.69) is 20.2 Å². The van der Waals surface area contributed by atoms with Gasteiger partial charge in [0.25, 0.3) is 11.8 Å². The van der Waals surface area contributed by atoms with E-state index < -0.39 is 0 Å². The summed E-state index contributed by atoms with van der Waals surface area (Å²) < 4.78 is 10.7. The standard InChI is InChI=1S/C34H33N5O5S/c1-2-44-33(42)28-18-23-10-15-39(27-19-35-14-9-25(27)29(23)45-28)32(41)22-5-7-24(8-6-22)37-31(40)26-4-3-13-36-30(26)38-20-34(21-38)11-16-43-17-12-34/h3-9,13-14,18-19H,2,10-12,15-17,20-21H2,1H3,(H,37,40). The molecule has 7 rings (SSSR count). The van der Waals surface area contributed by atoms with Crippen molar-refractivity contribution in [3.63, 3.8) is 0 Å². The van der Waals surface area contributed by atoms with Gasteiger partial charge in [-0.15, -0.1) is 11.3 Å². The van der Waals surface area contributed by atoms with Crippen LogP contribution in [0.3, 0.4) is 0 Å². The van der Waals surface area contributed by atoms with Gasteiger partial charge in [-0.3, -0.25) is 14.6 Å². The van der Waals surface area contributed by atoms with Gasteiger partial charge in [0.2, 0.25) is 0 Å². The zero-order chi connectivity index (χ0) is 31.0. The van der Waals surface area contributed by atoms with Crippen LogP contribution in [0, 0.1) is 5.41 Å². The Morgan fingerprint density at radius 1 is 1.07 bits per heavy atom. The fourth-order valence-electron chi connectivity index (χ4n) is 6.41. The van der Waals surface area contributed by atoms with Gasteiger partial charge >= 0.3 is 5.97 Å². The molecule has 1 spiro atoms. The highest BCUT2D eigenvalue weighted by atomic mass is 32.1. The van der Waals surface area contributed by atoms with Crippen molar-refractivity contribution in [3.05, 3.63) is 88.7 Å². The first-order valence-corrected chi connectivity index (χ1v) is 16.0. The minimum absolute atomic E-state index is 0.169. The Labute approximate surface area is 265 Å². The Balaban J connectivity index is 1.06. The number of anilines is 3. The lowest BCUT2D eigenvalue weighted by atomic mass is 9.73. The number of hydrogen-bond donors (Lipinski definition) is 1. The minimum Gasteiger partial charge on any atom is -0.462 e. The molecule has 3 aliphatic heterocycles. The van der Waals surface area contributed by atoms with E-state index >= 15 is 0 Å². The molecule has 4 aromatic rings. The number of rotatable bonds is 6. The average Bonchev–Trinajstić information content (AvgIpc) is 3.42. The van der Waals surface area contributed by atoms with E-state index in [9.17, 15) is 14.4 Å². The number of aromatic nitrogens is 2. The Hall–Kier alpha value is -4.61. The van der Waals surface area contributed by atoms with Crippen LogP contribution >= 0.6 is 11.3 Å². The average molecular weight is 624 g/mol. The first-order chi connectivity index (χ1) is 21.9. The van der Waals surface area contributed by atoms with Crippen LogP contribution in [0.15, 0.2) is 67.1 Å².